The van der Waals surface area contributed by atoms with Crippen LogP contribution in [-0.4, -0.2) is 18.1 Å². The second-order valence-corrected chi connectivity index (χ2v) is 7.69. The molecule has 0 fully saturated rings. The lowest BCUT2D eigenvalue weighted by atomic mass is 9.83. The van der Waals surface area contributed by atoms with Crippen molar-refractivity contribution in [1.82, 2.24) is 5.32 Å². The van der Waals surface area contributed by atoms with Gasteiger partial charge in [-0.15, -0.1) is 0 Å². The van der Waals surface area contributed by atoms with Crippen LogP contribution in [0, 0.1) is 5.41 Å². The van der Waals surface area contributed by atoms with Crippen LogP contribution in [-0.2, 0) is 22.5 Å². The molecule has 0 saturated carbocycles. The first-order valence-corrected chi connectivity index (χ1v) is 8.10. The number of benzene rings is 1. The van der Waals surface area contributed by atoms with Crippen molar-refractivity contribution < 1.29 is 9.53 Å². The summed E-state index contributed by atoms with van der Waals surface area (Å²) in [5, 5.41) is 2.89. The highest BCUT2D eigenvalue weighted by atomic mass is 16.5. The molecule has 0 saturated heterocycles. The predicted molar refractivity (Wildman–Crippen MR) is 91.8 cm³/mol. The summed E-state index contributed by atoms with van der Waals surface area (Å²) >= 11 is 0. The van der Waals surface area contributed by atoms with Crippen LogP contribution >= 0.6 is 0 Å². The number of rotatable bonds is 7. The van der Waals surface area contributed by atoms with Crippen LogP contribution < -0.4 is 5.32 Å². The third-order valence-corrected chi connectivity index (χ3v) is 3.79. The minimum atomic E-state index is -0.287. The van der Waals surface area contributed by atoms with Gasteiger partial charge in [0.1, 0.15) is 6.61 Å². The lowest BCUT2D eigenvalue weighted by Gasteiger charge is -2.22. The highest BCUT2D eigenvalue weighted by molar-refractivity contribution is 5.77. The lowest BCUT2D eigenvalue weighted by molar-refractivity contribution is -0.130. The van der Waals surface area contributed by atoms with Gasteiger partial charge in [-0.05, 0) is 43.7 Å². The van der Waals surface area contributed by atoms with Crippen molar-refractivity contribution in [2.75, 3.05) is 6.61 Å². The molecule has 1 aromatic carbocycles. The average molecular weight is 305 g/mol. The molecule has 0 radical (unpaired) electrons. The van der Waals surface area contributed by atoms with Crippen molar-refractivity contribution in [1.29, 1.82) is 0 Å². The molecule has 1 N–H and O–H groups in total. The van der Waals surface area contributed by atoms with Gasteiger partial charge in [0, 0.05) is 6.54 Å². The van der Waals surface area contributed by atoms with Gasteiger partial charge >= 0.3 is 0 Å². The molecule has 124 valence electrons. The molecule has 0 heterocycles. The Bertz CT molecular complexity index is 469. The summed E-state index contributed by atoms with van der Waals surface area (Å²) in [4.78, 5) is 11.7. The Morgan fingerprint density at radius 2 is 1.59 bits per heavy atom. The Kier molecular flexibility index (Phi) is 6.61. The third kappa shape index (κ3) is 7.60. The number of amides is 1. The monoisotopic (exact) mass is 305 g/mol. The van der Waals surface area contributed by atoms with Gasteiger partial charge in [-0.3, -0.25) is 4.79 Å². The Labute approximate surface area is 135 Å². The van der Waals surface area contributed by atoms with E-state index in [4.69, 9.17) is 4.74 Å². The Morgan fingerprint density at radius 1 is 1.05 bits per heavy atom. The first-order chi connectivity index (χ1) is 10.1. The summed E-state index contributed by atoms with van der Waals surface area (Å²) in [6.07, 6.45) is 2.24. The van der Waals surface area contributed by atoms with Crippen LogP contribution in [0.4, 0.5) is 0 Å². The van der Waals surface area contributed by atoms with E-state index in [9.17, 15) is 4.79 Å². The minimum Gasteiger partial charge on any atom is -0.366 e. The van der Waals surface area contributed by atoms with Gasteiger partial charge in [-0.25, -0.2) is 0 Å². The van der Waals surface area contributed by atoms with Gasteiger partial charge < -0.3 is 10.1 Å². The van der Waals surface area contributed by atoms with Crippen molar-refractivity contribution in [2.24, 2.45) is 5.41 Å². The number of carbonyl (C=O) groups excluding carboxylic acids is 1. The van der Waals surface area contributed by atoms with E-state index in [1.807, 2.05) is 20.8 Å². The van der Waals surface area contributed by atoms with Crippen molar-refractivity contribution in [3.63, 3.8) is 0 Å². The highest BCUT2D eigenvalue weighted by Crippen LogP contribution is 2.25. The van der Waals surface area contributed by atoms with Crippen molar-refractivity contribution in [2.45, 2.75) is 66.5 Å². The predicted octanol–water partition coefficient (Wildman–Crippen LogP) is 4.10. The topological polar surface area (TPSA) is 38.3 Å². The van der Waals surface area contributed by atoms with Gasteiger partial charge in [0.2, 0.25) is 5.91 Å². The standard InChI is InChI=1S/C19H31NO2/c1-7-19(5,6)12-15-8-10-16(11-9-15)13-20-17(21)14-22-18(2,3)4/h8-11H,7,12-14H2,1-6H3,(H,20,21). The van der Waals surface area contributed by atoms with E-state index in [1.54, 1.807) is 0 Å². The Morgan fingerprint density at radius 3 is 2.09 bits per heavy atom. The van der Waals surface area contributed by atoms with E-state index < -0.39 is 0 Å². The van der Waals surface area contributed by atoms with E-state index in [2.05, 4.69) is 50.4 Å². The maximum Gasteiger partial charge on any atom is 0.246 e. The fraction of sp³-hybridized carbons (Fsp3) is 0.632. The summed E-state index contributed by atoms with van der Waals surface area (Å²) in [6, 6.07) is 8.49. The van der Waals surface area contributed by atoms with E-state index in [0.29, 0.717) is 12.0 Å². The van der Waals surface area contributed by atoms with E-state index in [0.717, 1.165) is 12.0 Å². The molecular formula is C19H31NO2. The molecule has 0 atom stereocenters. The van der Waals surface area contributed by atoms with Crippen molar-refractivity contribution >= 4 is 5.91 Å². The van der Waals surface area contributed by atoms with Crippen LogP contribution in [0.2, 0.25) is 0 Å². The maximum absolute atomic E-state index is 11.7. The minimum absolute atomic E-state index is 0.0777. The van der Waals surface area contributed by atoms with E-state index in [-0.39, 0.29) is 18.1 Å². The molecule has 3 nitrogen and oxygen atoms in total. The highest BCUT2D eigenvalue weighted by Gasteiger charge is 2.15. The summed E-state index contributed by atoms with van der Waals surface area (Å²) in [5.41, 5.74) is 2.51. The summed E-state index contributed by atoms with van der Waals surface area (Å²) < 4.78 is 5.45. The quantitative estimate of drug-likeness (QED) is 0.823. The third-order valence-electron chi connectivity index (χ3n) is 3.79. The Hall–Kier alpha value is -1.35. The van der Waals surface area contributed by atoms with Crippen LogP contribution in [0.25, 0.3) is 0 Å². The average Bonchev–Trinajstić information content (AvgIpc) is 2.43. The smallest absolute Gasteiger partial charge is 0.246 e. The molecule has 22 heavy (non-hydrogen) atoms. The SMILES string of the molecule is CCC(C)(C)Cc1ccc(CNC(=O)COC(C)(C)C)cc1. The molecule has 3 heteroatoms. The van der Waals surface area contributed by atoms with Crippen LogP contribution in [0.5, 0.6) is 0 Å². The molecular weight excluding hydrogens is 274 g/mol. The zero-order chi connectivity index (χ0) is 16.8. The van der Waals surface area contributed by atoms with Gasteiger partial charge in [-0.1, -0.05) is 51.5 Å². The molecule has 0 bridgehead atoms. The normalized spacial score (nSPS) is 12.3. The largest absolute Gasteiger partial charge is 0.366 e. The van der Waals surface area contributed by atoms with Crippen molar-refractivity contribution in [3.8, 4) is 0 Å². The van der Waals surface area contributed by atoms with Gasteiger partial charge in [0.15, 0.2) is 0 Å². The summed E-state index contributed by atoms with van der Waals surface area (Å²) in [6.45, 7) is 13.3. The molecule has 0 aliphatic rings. The molecule has 0 spiro atoms. The summed E-state index contributed by atoms with van der Waals surface area (Å²) in [5.74, 6) is -0.0777. The van der Waals surface area contributed by atoms with Gasteiger partial charge in [-0.2, -0.15) is 0 Å². The molecule has 0 unspecified atom stereocenters. The second-order valence-electron chi connectivity index (χ2n) is 7.69. The maximum atomic E-state index is 11.7. The van der Waals surface area contributed by atoms with Crippen LogP contribution in [0.3, 0.4) is 0 Å². The number of nitrogens with one attached hydrogen (secondary N) is 1. The fourth-order valence-electron chi connectivity index (χ4n) is 1.99. The Balaban J connectivity index is 2.43. The number of hydrogen-bond acceptors (Lipinski definition) is 2. The number of hydrogen-bond donors (Lipinski definition) is 1. The molecule has 1 amide bonds. The van der Waals surface area contributed by atoms with E-state index >= 15 is 0 Å². The molecule has 1 aromatic rings. The fourth-order valence-corrected chi connectivity index (χ4v) is 1.99. The van der Waals surface area contributed by atoms with Crippen LogP contribution in [0.15, 0.2) is 24.3 Å². The number of ether oxygens (including phenoxy) is 1. The second kappa shape index (κ2) is 7.77. The molecule has 1 rings (SSSR count). The molecule has 0 aromatic heterocycles. The number of carbonyl (C=O) groups is 1. The van der Waals surface area contributed by atoms with Gasteiger partial charge in [0.25, 0.3) is 0 Å². The zero-order valence-electron chi connectivity index (χ0n) is 15.0. The van der Waals surface area contributed by atoms with E-state index in [1.165, 1.54) is 12.0 Å². The van der Waals surface area contributed by atoms with Crippen molar-refractivity contribution in [3.05, 3.63) is 35.4 Å². The molecule has 0 aliphatic carbocycles. The summed E-state index contributed by atoms with van der Waals surface area (Å²) in [7, 11) is 0. The van der Waals surface area contributed by atoms with Crippen LogP contribution in [0.1, 0.15) is 59.1 Å². The first-order valence-electron chi connectivity index (χ1n) is 8.10. The zero-order valence-corrected chi connectivity index (χ0v) is 15.0. The molecule has 0 aliphatic heterocycles. The lowest BCUT2D eigenvalue weighted by Crippen LogP contribution is -2.31. The van der Waals surface area contributed by atoms with Gasteiger partial charge in [0.05, 0.1) is 5.60 Å². The first kappa shape index (κ1) is 18.7.